The first-order chi connectivity index (χ1) is 12.9. The van der Waals surface area contributed by atoms with Crippen LogP contribution in [-0.2, 0) is 12.0 Å². The maximum atomic E-state index is 10.5. The van der Waals surface area contributed by atoms with E-state index in [0.717, 1.165) is 37.6 Å². The third kappa shape index (κ3) is 7.06. The van der Waals surface area contributed by atoms with Crippen LogP contribution in [0.4, 0.5) is 0 Å². The van der Waals surface area contributed by atoms with E-state index >= 15 is 0 Å². The Labute approximate surface area is 162 Å². The second-order valence-electron chi connectivity index (χ2n) is 7.66. The van der Waals surface area contributed by atoms with Crippen LogP contribution in [0, 0.1) is 0 Å². The molecule has 0 radical (unpaired) electrons. The zero-order valence-corrected chi connectivity index (χ0v) is 16.9. The molecule has 0 saturated heterocycles. The molecule has 1 aromatic carbocycles. The summed E-state index contributed by atoms with van der Waals surface area (Å²) in [7, 11) is 0. The van der Waals surface area contributed by atoms with E-state index in [9.17, 15) is 5.11 Å². The number of nitrogens with zero attached hydrogens (tertiary/aromatic N) is 3. The fourth-order valence-electron chi connectivity index (χ4n) is 2.71. The van der Waals surface area contributed by atoms with Gasteiger partial charge in [0.15, 0.2) is 5.96 Å². The maximum Gasteiger partial charge on any atom is 0.191 e. The van der Waals surface area contributed by atoms with Crippen LogP contribution in [0.2, 0.25) is 0 Å². The molecule has 0 aliphatic rings. The number of aryl methyl sites for hydroxylation is 1. The van der Waals surface area contributed by atoms with Crippen LogP contribution >= 0.6 is 0 Å². The molecule has 1 aromatic heterocycles. The van der Waals surface area contributed by atoms with Gasteiger partial charge in [0.1, 0.15) is 0 Å². The van der Waals surface area contributed by atoms with Gasteiger partial charge in [-0.25, -0.2) is 0 Å². The minimum Gasteiger partial charge on any atom is -0.386 e. The molecule has 1 atom stereocenters. The molecule has 6 heteroatoms. The SMILES string of the molecule is CCNC(=NCC(O)c1ccc(C(C)(C)C)cc1)NCCCn1cccn1. The van der Waals surface area contributed by atoms with Crippen molar-refractivity contribution in [3.8, 4) is 0 Å². The quantitative estimate of drug-likeness (QED) is 0.379. The molecule has 3 N–H and O–H groups in total. The lowest BCUT2D eigenvalue weighted by molar-refractivity contribution is 0.187. The highest BCUT2D eigenvalue weighted by atomic mass is 16.3. The van der Waals surface area contributed by atoms with Gasteiger partial charge in [-0.2, -0.15) is 5.10 Å². The fraction of sp³-hybridized carbons (Fsp3) is 0.524. The molecule has 0 aliphatic heterocycles. The first kappa shape index (κ1) is 21.0. The standard InChI is InChI=1S/C21H33N5O/c1-5-22-20(23-12-6-14-26-15-7-13-25-26)24-16-19(27)17-8-10-18(11-9-17)21(2,3)4/h7-11,13,15,19,27H,5-6,12,14,16H2,1-4H3,(H2,22,23,24). The van der Waals surface area contributed by atoms with Crippen molar-refractivity contribution in [2.24, 2.45) is 4.99 Å². The van der Waals surface area contributed by atoms with Gasteiger partial charge in [-0.1, -0.05) is 45.0 Å². The summed E-state index contributed by atoms with van der Waals surface area (Å²) in [6.45, 7) is 11.3. The number of aliphatic hydroxyl groups excluding tert-OH is 1. The summed E-state index contributed by atoms with van der Waals surface area (Å²) in [5.74, 6) is 0.725. The molecule has 0 saturated carbocycles. The van der Waals surface area contributed by atoms with Crippen molar-refractivity contribution in [1.82, 2.24) is 20.4 Å². The number of aromatic nitrogens is 2. The van der Waals surface area contributed by atoms with Crippen LogP contribution in [0.15, 0.2) is 47.7 Å². The largest absolute Gasteiger partial charge is 0.386 e. The minimum atomic E-state index is -0.612. The maximum absolute atomic E-state index is 10.5. The number of hydrogen-bond acceptors (Lipinski definition) is 3. The van der Waals surface area contributed by atoms with E-state index in [-0.39, 0.29) is 5.41 Å². The number of rotatable bonds is 8. The van der Waals surface area contributed by atoms with Gasteiger partial charge in [0.05, 0.1) is 12.6 Å². The highest BCUT2D eigenvalue weighted by molar-refractivity contribution is 5.79. The molecule has 1 heterocycles. The zero-order chi connectivity index (χ0) is 19.7. The lowest BCUT2D eigenvalue weighted by atomic mass is 9.86. The Bertz CT molecular complexity index is 686. The van der Waals surface area contributed by atoms with Gasteiger partial charge in [0.2, 0.25) is 0 Å². The summed E-state index contributed by atoms with van der Waals surface area (Å²) in [5, 5.41) is 21.2. The van der Waals surface area contributed by atoms with E-state index in [1.807, 2.05) is 36.0 Å². The van der Waals surface area contributed by atoms with E-state index < -0.39 is 6.10 Å². The van der Waals surface area contributed by atoms with Crippen molar-refractivity contribution in [2.75, 3.05) is 19.6 Å². The molecular formula is C21H33N5O. The second kappa shape index (κ2) is 10.1. The Hall–Kier alpha value is -2.34. The van der Waals surface area contributed by atoms with Gasteiger partial charge in [-0.05, 0) is 36.0 Å². The monoisotopic (exact) mass is 371 g/mol. The molecule has 0 aliphatic carbocycles. The van der Waals surface area contributed by atoms with Gasteiger partial charge >= 0.3 is 0 Å². The number of benzene rings is 1. The van der Waals surface area contributed by atoms with Crippen LogP contribution in [0.3, 0.4) is 0 Å². The fourth-order valence-corrected chi connectivity index (χ4v) is 2.71. The molecule has 2 rings (SSSR count). The van der Waals surface area contributed by atoms with Gasteiger partial charge in [0, 0.05) is 32.0 Å². The van der Waals surface area contributed by atoms with E-state index in [1.165, 1.54) is 5.56 Å². The van der Waals surface area contributed by atoms with Crippen molar-refractivity contribution < 1.29 is 5.11 Å². The van der Waals surface area contributed by atoms with Crippen LogP contribution in [0.1, 0.15) is 51.3 Å². The lowest BCUT2D eigenvalue weighted by Gasteiger charge is -2.20. The summed E-state index contributed by atoms with van der Waals surface area (Å²) in [6.07, 6.45) is 4.08. The van der Waals surface area contributed by atoms with E-state index in [0.29, 0.717) is 6.54 Å². The Morgan fingerprint density at radius 3 is 2.56 bits per heavy atom. The Morgan fingerprint density at radius 2 is 1.96 bits per heavy atom. The molecule has 6 nitrogen and oxygen atoms in total. The van der Waals surface area contributed by atoms with Crippen LogP contribution in [0.25, 0.3) is 0 Å². The lowest BCUT2D eigenvalue weighted by Crippen LogP contribution is -2.38. The highest BCUT2D eigenvalue weighted by Gasteiger charge is 2.14. The van der Waals surface area contributed by atoms with Gasteiger partial charge in [0.25, 0.3) is 0 Å². The highest BCUT2D eigenvalue weighted by Crippen LogP contribution is 2.24. The number of aliphatic imine (C=N–C) groups is 1. The molecule has 27 heavy (non-hydrogen) atoms. The average molecular weight is 372 g/mol. The topological polar surface area (TPSA) is 74.5 Å². The predicted octanol–water partition coefficient (Wildman–Crippen LogP) is 2.86. The molecule has 2 aromatic rings. The molecule has 0 spiro atoms. The Kier molecular flexibility index (Phi) is 7.85. The molecule has 0 amide bonds. The van der Waals surface area contributed by atoms with Crippen molar-refractivity contribution in [3.05, 3.63) is 53.9 Å². The van der Waals surface area contributed by atoms with Crippen LogP contribution in [-0.4, -0.2) is 40.5 Å². The Balaban J connectivity index is 1.85. The second-order valence-corrected chi connectivity index (χ2v) is 7.66. The van der Waals surface area contributed by atoms with Crippen molar-refractivity contribution in [2.45, 2.75) is 52.2 Å². The van der Waals surface area contributed by atoms with Crippen molar-refractivity contribution in [1.29, 1.82) is 0 Å². The van der Waals surface area contributed by atoms with E-state index in [1.54, 1.807) is 6.20 Å². The average Bonchev–Trinajstić information content (AvgIpc) is 3.15. The number of guanidine groups is 1. The number of hydrogen-bond donors (Lipinski definition) is 3. The summed E-state index contributed by atoms with van der Waals surface area (Å²) < 4.78 is 1.91. The third-order valence-corrected chi connectivity index (χ3v) is 4.34. The summed E-state index contributed by atoms with van der Waals surface area (Å²) in [6, 6.07) is 10.1. The van der Waals surface area contributed by atoms with E-state index in [2.05, 4.69) is 53.6 Å². The molecule has 0 fully saturated rings. The smallest absolute Gasteiger partial charge is 0.191 e. The normalized spacial score (nSPS) is 13.4. The van der Waals surface area contributed by atoms with Gasteiger partial charge in [-0.3, -0.25) is 9.67 Å². The minimum absolute atomic E-state index is 0.111. The zero-order valence-electron chi connectivity index (χ0n) is 16.9. The predicted molar refractivity (Wildman–Crippen MR) is 111 cm³/mol. The van der Waals surface area contributed by atoms with Gasteiger partial charge < -0.3 is 15.7 Å². The molecular weight excluding hydrogens is 338 g/mol. The van der Waals surface area contributed by atoms with Crippen molar-refractivity contribution in [3.63, 3.8) is 0 Å². The Morgan fingerprint density at radius 1 is 1.22 bits per heavy atom. The summed E-state index contributed by atoms with van der Waals surface area (Å²) >= 11 is 0. The molecule has 1 unspecified atom stereocenters. The summed E-state index contributed by atoms with van der Waals surface area (Å²) in [5.41, 5.74) is 2.26. The third-order valence-electron chi connectivity index (χ3n) is 4.34. The van der Waals surface area contributed by atoms with Crippen molar-refractivity contribution >= 4 is 5.96 Å². The number of nitrogens with one attached hydrogen (secondary N) is 2. The van der Waals surface area contributed by atoms with E-state index in [4.69, 9.17) is 0 Å². The van der Waals surface area contributed by atoms with Crippen LogP contribution < -0.4 is 10.6 Å². The summed E-state index contributed by atoms with van der Waals surface area (Å²) in [4.78, 5) is 4.52. The molecule has 0 bridgehead atoms. The van der Waals surface area contributed by atoms with Crippen LogP contribution in [0.5, 0.6) is 0 Å². The number of aliphatic hydroxyl groups is 1. The molecule has 148 valence electrons. The first-order valence-electron chi connectivity index (χ1n) is 9.68. The first-order valence-corrected chi connectivity index (χ1v) is 9.68. The van der Waals surface area contributed by atoms with Gasteiger partial charge in [-0.15, -0.1) is 0 Å².